The number of anilines is 1. The van der Waals surface area contributed by atoms with E-state index in [-0.39, 0.29) is 0 Å². The van der Waals surface area contributed by atoms with Gasteiger partial charge in [-0.2, -0.15) is 0 Å². The standard InChI is InChI=1S/C22H26N4O2/c1-23-22(26-17-9-10-20-21(14-17)28-13-5-12-27-20)24-11-4-6-16-15-25-19-8-3-2-7-18(16)19/h2-3,7-10,14-15,25H,4-6,11-13H2,1H3,(H2,23,24,26). The van der Waals surface area contributed by atoms with Crippen molar-refractivity contribution in [1.82, 2.24) is 10.3 Å². The number of H-pyrrole nitrogens is 1. The van der Waals surface area contributed by atoms with Crippen molar-refractivity contribution < 1.29 is 9.47 Å². The summed E-state index contributed by atoms with van der Waals surface area (Å²) in [6.07, 6.45) is 5.04. The Morgan fingerprint density at radius 3 is 2.86 bits per heavy atom. The Labute approximate surface area is 165 Å². The predicted molar refractivity (Wildman–Crippen MR) is 114 cm³/mol. The number of rotatable bonds is 5. The second-order valence-electron chi connectivity index (χ2n) is 6.80. The minimum Gasteiger partial charge on any atom is -0.490 e. The molecule has 0 bridgehead atoms. The average molecular weight is 378 g/mol. The first-order valence-electron chi connectivity index (χ1n) is 9.76. The lowest BCUT2D eigenvalue weighted by Gasteiger charge is -2.14. The summed E-state index contributed by atoms with van der Waals surface area (Å²) in [5.74, 6) is 2.32. The Kier molecular flexibility index (Phi) is 5.66. The number of aryl methyl sites for hydroxylation is 1. The first-order chi connectivity index (χ1) is 13.8. The summed E-state index contributed by atoms with van der Waals surface area (Å²) in [5, 5.41) is 8.00. The van der Waals surface area contributed by atoms with Crippen LogP contribution in [0.15, 0.2) is 53.7 Å². The average Bonchev–Trinajstić information content (AvgIpc) is 2.99. The van der Waals surface area contributed by atoms with Crippen molar-refractivity contribution in [3.8, 4) is 11.5 Å². The summed E-state index contributed by atoms with van der Waals surface area (Å²) in [6, 6.07) is 14.3. The molecule has 2 heterocycles. The molecule has 3 N–H and O–H groups in total. The smallest absolute Gasteiger partial charge is 0.195 e. The van der Waals surface area contributed by atoms with E-state index in [0.29, 0.717) is 13.2 Å². The lowest BCUT2D eigenvalue weighted by molar-refractivity contribution is 0.297. The van der Waals surface area contributed by atoms with Crippen LogP contribution < -0.4 is 20.1 Å². The lowest BCUT2D eigenvalue weighted by atomic mass is 10.1. The highest BCUT2D eigenvalue weighted by Crippen LogP contribution is 2.32. The maximum Gasteiger partial charge on any atom is 0.195 e. The van der Waals surface area contributed by atoms with Crippen molar-refractivity contribution >= 4 is 22.5 Å². The highest BCUT2D eigenvalue weighted by Gasteiger charge is 2.11. The Morgan fingerprint density at radius 1 is 1.11 bits per heavy atom. The van der Waals surface area contributed by atoms with Gasteiger partial charge in [-0.1, -0.05) is 18.2 Å². The minimum absolute atomic E-state index is 0.678. The molecular weight excluding hydrogens is 352 g/mol. The second-order valence-corrected chi connectivity index (χ2v) is 6.80. The molecule has 0 spiro atoms. The largest absolute Gasteiger partial charge is 0.490 e. The van der Waals surface area contributed by atoms with E-state index in [2.05, 4.69) is 51.1 Å². The van der Waals surface area contributed by atoms with Gasteiger partial charge in [-0.25, -0.2) is 0 Å². The maximum atomic E-state index is 5.75. The van der Waals surface area contributed by atoms with E-state index in [9.17, 15) is 0 Å². The molecule has 1 aliphatic heterocycles. The number of nitrogens with zero attached hydrogens (tertiary/aromatic N) is 1. The number of aromatic nitrogens is 1. The molecule has 0 saturated carbocycles. The molecule has 0 saturated heterocycles. The van der Waals surface area contributed by atoms with Crippen molar-refractivity contribution in [2.24, 2.45) is 4.99 Å². The summed E-state index contributed by atoms with van der Waals surface area (Å²) in [5.41, 5.74) is 3.47. The fourth-order valence-electron chi connectivity index (χ4n) is 3.38. The third-order valence-electron chi connectivity index (χ3n) is 4.82. The van der Waals surface area contributed by atoms with Gasteiger partial charge in [0.05, 0.1) is 13.2 Å². The molecule has 0 radical (unpaired) electrons. The molecule has 0 unspecified atom stereocenters. The third-order valence-corrected chi connectivity index (χ3v) is 4.82. The van der Waals surface area contributed by atoms with Crippen LogP contribution in [0.2, 0.25) is 0 Å². The number of para-hydroxylation sites is 1. The SMILES string of the molecule is CN=C(NCCCc1c[nH]c2ccccc12)Nc1ccc2c(c1)OCCCO2. The molecule has 28 heavy (non-hydrogen) atoms. The summed E-state index contributed by atoms with van der Waals surface area (Å²) in [4.78, 5) is 7.65. The zero-order valence-corrected chi connectivity index (χ0v) is 16.1. The van der Waals surface area contributed by atoms with E-state index in [1.165, 1.54) is 16.5 Å². The molecule has 1 aliphatic rings. The van der Waals surface area contributed by atoms with E-state index in [4.69, 9.17) is 9.47 Å². The number of guanidine groups is 1. The minimum atomic E-state index is 0.678. The van der Waals surface area contributed by atoms with Crippen LogP contribution >= 0.6 is 0 Å². The molecule has 6 nitrogen and oxygen atoms in total. The second kappa shape index (κ2) is 8.69. The highest BCUT2D eigenvalue weighted by atomic mass is 16.5. The number of nitrogens with one attached hydrogen (secondary N) is 3. The van der Waals surface area contributed by atoms with Crippen LogP contribution in [-0.4, -0.2) is 37.7 Å². The molecule has 146 valence electrons. The Morgan fingerprint density at radius 2 is 1.96 bits per heavy atom. The predicted octanol–water partition coefficient (Wildman–Crippen LogP) is 3.95. The Balaban J connectivity index is 1.30. The molecule has 0 atom stereocenters. The van der Waals surface area contributed by atoms with Crippen molar-refractivity contribution in [2.45, 2.75) is 19.3 Å². The summed E-state index contributed by atoms with van der Waals surface area (Å²) >= 11 is 0. The van der Waals surface area contributed by atoms with Gasteiger partial charge in [0.25, 0.3) is 0 Å². The number of benzene rings is 2. The summed E-state index contributed by atoms with van der Waals surface area (Å²) in [7, 11) is 1.78. The van der Waals surface area contributed by atoms with Crippen molar-refractivity contribution in [2.75, 3.05) is 32.1 Å². The topological polar surface area (TPSA) is 70.7 Å². The van der Waals surface area contributed by atoms with E-state index in [1.807, 2.05) is 18.2 Å². The van der Waals surface area contributed by atoms with Crippen LogP contribution in [0.1, 0.15) is 18.4 Å². The number of aliphatic imine (C=N–C) groups is 1. The Bertz CT molecular complexity index is 964. The fourth-order valence-corrected chi connectivity index (χ4v) is 3.38. The van der Waals surface area contributed by atoms with Gasteiger partial charge < -0.3 is 25.1 Å². The fraction of sp³-hybridized carbons (Fsp3) is 0.318. The van der Waals surface area contributed by atoms with Gasteiger partial charge in [-0.3, -0.25) is 4.99 Å². The molecule has 1 aromatic heterocycles. The molecule has 6 heteroatoms. The number of fused-ring (bicyclic) bond motifs is 2. The van der Waals surface area contributed by atoms with Crippen LogP contribution in [0.25, 0.3) is 10.9 Å². The van der Waals surface area contributed by atoms with Gasteiger partial charge in [-0.05, 0) is 36.6 Å². The van der Waals surface area contributed by atoms with E-state index >= 15 is 0 Å². The molecule has 0 amide bonds. The normalized spacial score (nSPS) is 14.0. The molecular formula is C22H26N4O2. The van der Waals surface area contributed by atoms with E-state index in [1.54, 1.807) is 7.05 Å². The molecule has 4 rings (SSSR count). The van der Waals surface area contributed by atoms with Gasteiger partial charge >= 0.3 is 0 Å². The van der Waals surface area contributed by atoms with Gasteiger partial charge in [0.15, 0.2) is 17.5 Å². The van der Waals surface area contributed by atoms with Crippen LogP contribution in [0.3, 0.4) is 0 Å². The number of hydrogen-bond donors (Lipinski definition) is 3. The quantitative estimate of drug-likeness (QED) is 0.357. The number of hydrogen-bond acceptors (Lipinski definition) is 3. The van der Waals surface area contributed by atoms with E-state index in [0.717, 1.165) is 49.0 Å². The Hall–Kier alpha value is -3.15. The molecule has 3 aromatic rings. The summed E-state index contributed by atoms with van der Waals surface area (Å²) in [6.45, 7) is 2.21. The number of aromatic amines is 1. The highest BCUT2D eigenvalue weighted by molar-refractivity contribution is 5.93. The van der Waals surface area contributed by atoms with Gasteiger partial charge in [0.2, 0.25) is 0 Å². The van der Waals surface area contributed by atoms with Gasteiger partial charge in [0, 0.05) is 48.9 Å². The van der Waals surface area contributed by atoms with E-state index < -0.39 is 0 Å². The molecule has 0 aliphatic carbocycles. The van der Waals surface area contributed by atoms with Crippen molar-refractivity contribution in [3.05, 3.63) is 54.2 Å². The third kappa shape index (κ3) is 4.22. The number of ether oxygens (including phenoxy) is 2. The maximum absolute atomic E-state index is 5.75. The van der Waals surface area contributed by atoms with Gasteiger partial charge in [-0.15, -0.1) is 0 Å². The lowest BCUT2D eigenvalue weighted by Crippen LogP contribution is -2.31. The summed E-state index contributed by atoms with van der Waals surface area (Å²) < 4.78 is 11.4. The van der Waals surface area contributed by atoms with Crippen molar-refractivity contribution in [1.29, 1.82) is 0 Å². The van der Waals surface area contributed by atoms with Crippen LogP contribution in [-0.2, 0) is 6.42 Å². The zero-order valence-electron chi connectivity index (χ0n) is 16.1. The van der Waals surface area contributed by atoms with Crippen LogP contribution in [0.5, 0.6) is 11.5 Å². The van der Waals surface area contributed by atoms with Crippen LogP contribution in [0, 0.1) is 0 Å². The first-order valence-corrected chi connectivity index (χ1v) is 9.76. The zero-order chi connectivity index (χ0) is 19.2. The van der Waals surface area contributed by atoms with Gasteiger partial charge in [0.1, 0.15) is 0 Å². The first kappa shape index (κ1) is 18.2. The molecule has 0 fully saturated rings. The monoisotopic (exact) mass is 378 g/mol. The van der Waals surface area contributed by atoms with Crippen molar-refractivity contribution in [3.63, 3.8) is 0 Å². The molecule has 2 aromatic carbocycles. The van der Waals surface area contributed by atoms with Crippen LogP contribution in [0.4, 0.5) is 5.69 Å².